The number of aryl methyl sites for hydroxylation is 2. The lowest BCUT2D eigenvalue weighted by Gasteiger charge is -2.05. The Balaban J connectivity index is 0.00000312. The van der Waals surface area contributed by atoms with E-state index in [1.54, 1.807) is 0 Å². The number of carbonyl (C=O) groups is 2. The third kappa shape index (κ3) is 7.51. The minimum atomic E-state index is -0.631. The van der Waals surface area contributed by atoms with E-state index in [0.29, 0.717) is 11.6 Å². The zero-order valence-electron chi connectivity index (χ0n) is 13.8. The van der Waals surface area contributed by atoms with Crippen molar-refractivity contribution in [3.63, 3.8) is 0 Å². The lowest BCUT2D eigenvalue weighted by atomic mass is 10.1. The van der Waals surface area contributed by atoms with E-state index in [1.165, 1.54) is 23.8 Å². The minimum Gasteiger partial charge on any atom is -0.448 e. The SMILES string of the molecule is CC(=O)Nc1nc(CCc2ccc(CCOC(=O)NN)cc2)cs1.Cl. The average Bonchev–Trinajstić information content (AvgIpc) is 3.00. The normalized spacial score (nSPS) is 9.84. The van der Waals surface area contributed by atoms with E-state index in [4.69, 9.17) is 10.6 Å². The number of anilines is 1. The summed E-state index contributed by atoms with van der Waals surface area (Å²) < 4.78 is 4.85. The summed E-state index contributed by atoms with van der Waals surface area (Å²) in [4.78, 5) is 26.2. The number of halogens is 1. The average molecular weight is 385 g/mol. The van der Waals surface area contributed by atoms with E-state index in [0.717, 1.165) is 24.1 Å². The van der Waals surface area contributed by atoms with Gasteiger partial charge in [-0.05, 0) is 24.0 Å². The first-order valence-corrected chi connectivity index (χ1v) is 8.38. The van der Waals surface area contributed by atoms with Gasteiger partial charge < -0.3 is 10.1 Å². The zero-order chi connectivity index (χ0) is 17.4. The molecule has 2 amide bonds. The first-order valence-electron chi connectivity index (χ1n) is 7.50. The number of aromatic nitrogens is 1. The predicted octanol–water partition coefficient (Wildman–Crippen LogP) is 2.45. The molecule has 9 heteroatoms. The highest BCUT2D eigenvalue weighted by molar-refractivity contribution is 7.13. The van der Waals surface area contributed by atoms with Gasteiger partial charge in [0, 0.05) is 18.7 Å². The molecular weight excluding hydrogens is 364 g/mol. The summed E-state index contributed by atoms with van der Waals surface area (Å²) in [6.45, 7) is 1.75. The van der Waals surface area contributed by atoms with Gasteiger partial charge in [0.05, 0.1) is 12.3 Å². The number of carbonyl (C=O) groups excluding carboxylic acids is 2. The second kappa shape index (κ2) is 10.7. The van der Waals surface area contributed by atoms with Crippen LogP contribution in [0.2, 0.25) is 0 Å². The number of rotatable bonds is 7. The lowest BCUT2D eigenvalue weighted by molar-refractivity contribution is -0.114. The molecule has 0 aliphatic rings. The summed E-state index contributed by atoms with van der Waals surface area (Å²) in [5.41, 5.74) is 5.17. The first kappa shape index (κ1) is 20.9. The predicted molar refractivity (Wildman–Crippen MR) is 99.9 cm³/mol. The number of thiazole rings is 1. The number of hydrogen-bond donors (Lipinski definition) is 3. The Morgan fingerprint density at radius 3 is 2.40 bits per heavy atom. The Kier molecular flexibility index (Phi) is 8.90. The third-order valence-corrected chi connectivity index (χ3v) is 4.08. The Hall–Kier alpha value is -2.16. The number of benzene rings is 1. The summed E-state index contributed by atoms with van der Waals surface area (Å²) in [7, 11) is 0. The highest BCUT2D eigenvalue weighted by Gasteiger charge is 2.04. The lowest BCUT2D eigenvalue weighted by Crippen LogP contribution is -2.31. The van der Waals surface area contributed by atoms with Crippen molar-refractivity contribution in [1.29, 1.82) is 0 Å². The molecule has 2 aromatic rings. The highest BCUT2D eigenvalue weighted by atomic mass is 35.5. The van der Waals surface area contributed by atoms with E-state index in [9.17, 15) is 9.59 Å². The van der Waals surface area contributed by atoms with Crippen molar-refractivity contribution in [1.82, 2.24) is 10.4 Å². The molecule has 0 saturated heterocycles. The monoisotopic (exact) mass is 384 g/mol. The molecule has 7 nitrogen and oxygen atoms in total. The quantitative estimate of drug-likeness (QED) is 0.386. The number of nitrogens with two attached hydrogens (primary N) is 1. The van der Waals surface area contributed by atoms with E-state index in [1.807, 2.05) is 22.9 Å². The minimum absolute atomic E-state index is 0. The molecule has 0 bridgehead atoms. The van der Waals surface area contributed by atoms with Gasteiger partial charge in [0.2, 0.25) is 5.91 Å². The van der Waals surface area contributed by atoms with Crippen molar-refractivity contribution in [3.8, 4) is 0 Å². The van der Waals surface area contributed by atoms with Crippen LogP contribution in [0, 0.1) is 0 Å². The van der Waals surface area contributed by atoms with Gasteiger partial charge >= 0.3 is 6.09 Å². The molecule has 0 saturated carbocycles. The van der Waals surface area contributed by atoms with Crippen LogP contribution in [-0.2, 0) is 28.8 Å². The van der Waals surface area contributed by atoms with Crippen molar-refractivity contribution in [2.45, 2.75) is 26.2 Å². The van der Waals surface area contributed by atoms with E-state index in [2.05, 4.69) is 22.4 Å². The Labute approximate surface area is 156 Å². The van der Waals surface area contributed by atoms with Gasteiger partial charge in [0.15, 0.2) is 5.13 Å². The van der Waals surface area contributed by atoms with Crippen molar-refractivity contribution < 1.29 is 14.3 Å². The van der Waals surface area contributed by atoms with Crippen LogP contribution < -0.4 is 16.6 Å². The number of nitrogens with zero attached hydrogens (tertiary/aromatic N) is 1. The van der Waals surface area contributed by atoms with Crippen molar-refractivity contribution in [2.75, 3.05) is 11.9 Å². The summed E-state index contributed by atoms with van der Waals surface area (Å²) in [5, 5.41) is 5.27. The fourth-order valence-corrected chi connectivity index (χ4v) is 2.87. The molecule has 1 aromatic heterocycles. The molecule has 0 fully saturated rings. The largest absolute Gasteiger partial charge is 0.448 e. The second-order valence-corrected chi connectivity index (χ2v) is 6.03. The molecule has 1 aromatic carbocycles. The molecule has 25 heavy (non-hydrogen) atoms. The maximum atomic E-state index is 11.0. The molecule has 0 aliphatic carbocycles. The number of nitrogens with one attached hydrogen (secondary N) is 2. The second-order valence-electron chi connectivity index (χ2n) is 5.17. The molecule has 0 unspecified atom stereocenters. The Morgan fingerprint density at radius 1 is 1.16 bits per heavy atom. The van der Waals surface area contributed by atoms with Crippen molar-refractivity contribution in [2.24, 2.45) is 5.84 Å². The molecule has 0 aliphatic heterocycles. The molecule has 0 radical (unpaired) electrons. The number of ether oxygens (including phenoxy) is 1. The van der Waals surface area contributed by atoms with Gasteiger partial charge in [-0.15, -0.1) is 23.7 Å². The number of hydrogen-bond acceptors (Lipinski definition) is 6. The summed E-state index contributed by atoms with van der Waals surface area (Å²) in [6, 6.07) is 8.14. The van der Waals surface area contributed by atoms with Gasteiger partial charge in [-0.25, -0.2) is 15.6 Å². The van der Waals surface area contributed by atoms with E-state index >= 15 is 0 Å². The summed E-state index contributed by atoms with van der Waals surface area (Å²) >= 11 is 1.43. The molecule has 0 atom stereocenters. The smallest absolute Gasteiger partial charge is 0.421 e. The fourth-order valence-electron chi connectivity index (χ4n) is 2.08. The van der Waals surface area contributed by atoms with Crippen LogP contribution in [0.25, 0.3) is 0 Å². The maximum Gasteiger partial charge on any atom is 0.421 e. The van der Waals surface area contributed by atoms with Crippen LogP contribution in [0.5, 0.6) is 0 Å². The van der Waals surface area contributed by atoms with Crippen LogP contribution in [0.15, 0.2) is 29.6 Å². The molecule has 2 rings (SSSR count). The standard InChI is InChI=1S/C16H20N4O3S.ClH/c1-11(21)18-15-19-14(10-24-15)7-6-12-2-4-13(5-3-12)8-9-23-16(22)20-17;/h2-5,10H,6-9,17H2,1H3,(H,20,22)(H,18,19,21);1H. The van der Waals surface area contributed by atoms with E-state index < -0.39 is 6.09 Å². The number of amides is 2. The highest BCUT2D eigenvalue weighted by Crippen LogP contribution is 2.17. The maximum absolute atomic E-state index is 11.0. The molecule has 1 heterocycles. The van der Waals surface area contributed by atoms with Crippen LogP contribution in [0.1, 0.15) is 23.7 Å². The molecular formula is C16H21ClN4O3S. The first-order chi connectivity index (χ1) is 11.6. The molecule has 4 N–H and O–H groups in total. The van der Waals surface area contributed by atoms with Gasteiger partial charge in [-0.1, -0.05) is 24.3 Å². The van der Waals surface area contributed by atoms with Crippen molar-refractivity contribution >= 4 is 40.9 Å². The van der Waals surface area contributed by atoms with Crippen molar-refractivity contribution in [3.05, 3.63) is 46.5 Å². The van der Waals surface area contributed by atoms with Crippen LogP contribution in [-0.4, -0.2) is 23.6 Å². The molecule has 136 valence electrons. The Bertz CT molecular complexity index is 691. The fraction of sp³-hybridized carbons (Fsp3) is 0.312. The van der Waals surface area contributed by atoms with Gasteiger partial charge in [-0.3, -0.25) is 10.2 Å². The van der Waals surface area contributed by atoms with Crippen LogP contribution >= 0.6 is 23.7 Å². The summed E-state index contributed by atoms with van der Waals surface area (Å²) in [5.74, 6) is 4.82. The number of hydrazine groups is 1. The summed E-state index contributed by atoms with van der Waals surface area (Å²) in [6.07, 6.45) is 1.69. The van der Waals surface area contributed by atoms with Gasteiger partial charge in [-0.2, -0.15) is 0 Å². The van der Waals surface area contributed by atoms with Gasteiger partial charge in [0.1, 0.15) is 0 Å². The van der Waals surface area contributed by atoms with E-state index in [-0.39, 0.29) is 24.9 Å². The third-order valence-electron chi connectivity index (χ3n) is 3.27. The van der Waals surface area contributed by atoms with Crippen LogP contribution in [0.3, 0.4) is 0 Å². The van der Waals surface area contributed by atoms with Crippen LogP contribution in [0.4, 0.5) is 9.93 Å². The topological polar surface area (TPSA) is 106 Å². The van der Waals surface area contributed by atoms with Gasteiger partial charge in [0.25, 0.3) is 0 Å². The zero-order valence-corrected chi connectivity index (χ0v) is 15.4. The Morgan fingerprint density at radius 2 is 1.80 bits per heavy atom. The molecule has 0 spiro atoms.